The van der Waals surface area contributed by atoms with E-state index in [2.05, 4.69) is 25.6 Å². The lowest BCUT2D eigenvalue weighted by molar-refractivity contribution is -0.117. The maximum absolute atomic E-state index is 12.7. The van der Waals surface area contributed by atoms with Crippen LogP contribution in [-0.2, 0) is 9.53 Å². The number of nitrogens with one attached hydrogen (secondary N) is 2. The molecular weight excluding hydrogens is 548 g/mol. The van der Waals surface area contributed by atoms with Gasteiger partial charge in [0, 0.05) is 29.8 Å². The topological polar surface area (TPSA) is 179 Å². The zero-order valence-electron chi connectivity index (χ0n) is 23.1. The Labute approximate surface area is 240 Å². The molecule has 4 N–H and O–H groups in total. The Kier molecular flexibility index (Phi) is 8.47. The van der Waals surface area contributed by atoms with Crippen LogP contribution in [0.5, 0.6) is 17.2 Å². The minimum atomic E-state index is -1.33. The minimum Gasteiger partial charge on any atom is -0.493 e. The lowest BCUT2D eigenvalue weighted by Gasteiger charge is -2.17. The molecule has 42 heavy (non-hydrogen) atoms. The molecule has 5 rings (SSSR count). The average Bonchev–Trinajstić information content (AvgIpc) is 3.56. The number of benzene rings is 2. The van der Waals surface area contributed by atoms with E-state index < -0.39 is 24.5 Å². The van der Waals surface area contributed by atoms with Crippen molar-refractivity contribution in [3.8, 4) is 17.2 Å². The number of aliphatic hydroxyl groups is 2. The first kappa shape index (κ1) is 28.7. The van der Waals surface area contributed by atoms with Gasteiger partial charge in [-0.2, -0.15) is 0 Å². The average molecular weight is 579 g/mol. The van der Waals surface area contributed by atoms with E-state index in [0.29, 0.717) is 28.5 Å². The highest BCUT2D eigenvalue weighted by molar-refractivity contribution is 6.06. The molecule has 0 spiro atoms. The van der Waals surface area contributed by atoms with Gasteiger partial charge in [-0.25, -0.2) is 15.0 Å². The standard InChI is InChI=1S/C28H30N6O8/c1-39-18-11-16(12-19(40-2)24(18)41-3)32-20(35)10-9-17-22(36)23(37)28(42-17)34-14-31-21-25(29-13-30-26(21)34)33-27(38)15-7-5-4-6-8-15/h4-8,11-14,17,22-23,28,36-37H,9-10H2,1-3H3,(H,32,35)(H,29,30,33,38)/t17-,22-,23-,28-/m1/s1. The monoisotopic (exact) mass is 578 g/mol. The highest BCUT2D eigenvalue weighted by Crippen LogP contribution is 2.40. The third-order valence-corrected chi connectivity index (χ3v) is 6.84. The first-order chi connectivity index (χ1) is 20.3. The Morgan fingerprint density at radius 2 is 1.67 bits per heavy atom. The van der Waals surface area contributed by atoms with Gasteiger partial charge in [0.15, 0.2) is 34.7 Å². The molecular formula is C28H30N6O8. The van der Waals surface area contributed by atoms with Gasteiger partial charge in [0.05, 0.1) is 33.8 Å². The van der Waals surface area contributed by atoms with Gasteiger partial charge in [-0.3, -0.25) is 14.2 Å². The van der Waals surface area contributed by atoms with E-state index in [4.69, 9.17) is 18.9 Å². The molecule has 1 saturated heterocycles. The van der Waals surface area contributed by atoms with Gasteiger partial charge in [-0.05, 0) is 18.6 Å². The maximum Gasteiger partial charge on any atom is 0.256 e. The highest BCUT2D eigenvalue weighted by Gasteiger charge is 2.44. The van der Waals surface area contributed by atoms with E-state index >= 15 is 0 Å². The summed E-state index contributed by atoms with van der Waals surface area (Å²) in [6.07, 6.45) is -1.76. The summed E-state index contributed by atoms with van der Waals surface area (Å²) in [6.45, 7) is 0. The van der Waals surface area contributed by atoms with Gasteiger partial charge in [0.1, 0.15) is 18.5 Å². The molecule has 0 unspecified atom stereocenters. The molecule has 1 aliphatic heterocycles. The molecule has 0 radical (unpaired) electrons. The van der Waals surface area contributed by atoms with Crippen LogP contribution >= 0.6 is 0 Å². The Morgan fingerprint density at radius 1 is 0.952 bits per heavy atom. The van der Waals surface area contributed by atoms with E-state index in [0.717, 1.165) is 0 Å². The Hall–Kier alpha value is -4.79. The number of ether oxygens (including phenoxy) is 4. The number of amides is 2. The van der Waals surface area contributed by atoms with Crippen molar-refractivity contribution in [1.82, 2.24) is 19.5 Å². The summed E-state index contributed by atoms with van der Waals surface area (Å²) in [6, 6.07) is 11.8. The Morgan fingerprint density at radius 3 is 2.33 bits per heavy atom. The van der Waals surface area contributed by atoms with Crippen LogP contribution < -0.4 is 24.8 Å². The number of carbonyl (C=O) groups excluding carboxylic acids is 2. The van der Waals surface area contributed by atoms with Crippen molar-refractivity contribution < 1.29 is 38.7 Å². The van der Waals surface area contributed by atoms with Crippen molar-refractivity contribution in [3.63, 3.8) is 0 Å². The molecule has 2 amide bonds. The van der Waals surface area contributed by atoms with Gasteiger partial charge < -0.3 is 39.8 Å². The number of anilines is 2. The highest BCUT2D eigenvalue weighted by atomic mass is 16.6. The normalized spacial score (nSPS) is 19.8. The van der Waals surface area contributed by atoms with Gasteiger partial charge in [-0.1, -0.05) is 18.2 Å². The number of methoxy groups -OCH3 is 3. The lowest BCUT2D eigenvalue weighted by atomic mass is 10.1. The maximum atomic E-state index is 12.7. The fourth-order valence-corrected chi connectivity index (χ4v) is 4.75. The van der Waals surface area contributed by atoms with Gasteiger partial charge in [-0.15, -0.1) is 0 Å². The van der Waals surface area contributed by atoms with Crippen LogP contribution in [0.1, 0.15) is 29.4 Å². The number of imidazole rings is 1. The number of rotatable bonds is 10. The van der Waals surface area contributed by atoms with Crippen molar-refractivity contribution in [3.05, 3.63) is 60.7 Å². The van der Waals surface area contributed by atoms with Crippen LogP contribution in [0, 0.1) is 0 Å². The minimum absolute atomic E-state index is 0.0136. The van der Waals surface area contributed by atoms with Crippen LogP contribution in [0.3, 0.4) is 0 Å². The van der Waals surface area contributed by atoms with Crippen LogP contribution in [0.2, 0.25) is 0 Å². The summed E-state index contributed by atoms with van der Waals surface area (Å²) >= 11 is 0. The third kappa shape index (κ3) is 5.68. The third-order valence-electron chi connectivity index (χ3n) is 6.84. The van der Waals surface area contributed by atoms with Crippen molar-refractivity contribution >= 4 is 34.5 Å². The fraction of sp³-hybridized carbons (Fsp3) is 0.321. The van der Waals surface area contributed by atoms with E-state index in [-0.39, 0.29) is 41.6 Å². The second kappa shape index (κ2) is 12.4. The van der Waals surface area contributed by atoms with Gasteiger partial charge in [0.25, 0.3) is 5.91 Å². The molecule has 2 aromatic heterocycles. The molecule has 4 aromatic rings. The van der Waals surface area contributed by atoms with Crippen LogP contribution in [0.25, 0.3) is 11.2 Å². The Bertz CT molecular complexity index is 1550. The van der Waals surface area contributed by atoms with Crippen LogP contribution in [-0.4, -0.2) is 81.2 Å². The lowest BCUT2D eigenvalue weighted by Crippen LogP contribution is -2.32. The number of aromatic nitrogens is 4. The SMILES string of the molecule is COc1cc(NC(=O)CC[C@H]2O[C@@H](n3cnc4c(NC(=O)c5ccccc5)ncnc43)[C@H](O)[C@@H]2O)cc(OC)c1OC. The van der Waals surface area contributed by atoms with Crippen molar-refractivity contribution in [1.29, 1.82) is 0 Å². The second-order valence-corrected chi connectivity index (χ2v) is 9.41. The van der Waals surface area contributed by atoms with E-state index in [1.54, 1.807) is 42.5 Å². The molecule has 14 nitrogen and oxygen atoms in total. The first-order valence-electron chi connectivity index (χ1n) is 13.0. The van der Waals surface area contributed by atoms with E-state index in [1.807, 2.05) is 0 Å². The number of nitrogens with zero attached hydrogens (tertiary/aromatic N) is 4. The summed E-state index contributed by atoms with van der Waals surface area (Å²) in [5.41, 5.74) is 1.43. The molecule has 220 valence electrons. The van der Waals surface area contributed by atoms with Crippen molar-refractivity contribution in [2.24, 2.45) is 0 Å². The zero-order chi connectivity index (χ0) is 29.8. The molecule has 0 aliphatic carbocycles. The molecule has 2 aromatic carbocycles. The summed E-state index contributed by atoms with van der Waals surface area (Å²) < 4.78 is 23.4. The number of hydrogen-bond donors (Lipinski definition) is 4. The van der Waals surface area contributed by atoms with E-state index in [1.165, 1.54) is 38.6 Å². The molecule has 0 bridgehead atoms. The number of carbonyl (C=O) groups is 2. The fourth-order valence-electron chi connectivity index (χ4n) is 4.75. The Balaban J connectivity index is 1.26. The van der Waals surface area contributed by atoms with Gasteiger partial charge >= 0.3 is 0 Å². The van der Waals surface area contributed by atoms with Crippen LogP contribution in [0.15, 0.2) is 55.1 Å². The van der Waals surface area contributed by atoms with Crippen molar-refractivity contribution in [2.75, 3.05) is 32.0 Å². The predicted octanol–water partition coefficient (Wildman–Crippen LogP) is 2.14. The smallest absolute Gasteiger partial charge is 0.256 e. The van der Waals surface area contributed by atoms with Crippen molar-refractivity contribution in [2.45, 2.75) is 37.4 Å². The summed E-state index contributed by atoms with van der Waals surface area (Å²) in [4.78, 5) is 38.1. The molecule has 1 fully saturated rings. The summed E-state index contributed by atoms with van der Waals surface area (Å²) in [7, 11) is 4.43. The number of hydrogen-bond acceptors (Lipinski definition) is 11. The molecule has 4 atom stereocenters. The largest absolute Gasteiger partial charge is 0.493 e. The number of aliphatic hydroxyl groups excluding tert-OH is 2. The molecule has 1 aliphatic rings. The van der Waals surface area contributed by atoms with E-state index in [9.17, 15) is 19.8 Å². The first-order valence-corrected chi connectivity index (χ1v) is 13.0. The quantitative estimate of drug-likeness (QED) is 0.217. The zero-order valence-corrected chi connectivity index (χ0v) is 23.1. The summed E-state index contributed by atoms with van der Waals surface area (Å²) in [5, 5.41) is 27.0. The molecule has 14 heteroatoms. The summed E-state index contributed by atoms with van der Waals surface area (Å²) in [5.74, 6) is 0.614. The molecule has 3 heterocycles. The predicted molar refractivity (Wildman–Crippen MR) is 150 cm³/mol. The van der Waals surface area contributed by atoms with Gasteiger partial charge in [0.2, 0.25) is 11.7 Å². The second-order valence-electron chi connectivity index (χ2n) is 9.41. The van der Waals surface area contributed by atoms with Crippen LogP contribution in [0.4, 0.5) is 11.5 Å². The molecule has 0 saturated carbocycles. The number of fused-ring (bicyclic) bond motifs is 1.